The van der Waals surface area contributed by atoms with E-state index in [9.17, 15) is 19.3 Å². The number of nitro groups is 1. The zero-order chi connectivity index (χ0) is 27.4. The molecule has 10 heteroatoms. The molecule has 1 amide bonds. The monoisotopic (exact) mass is 522 g/mol. The molecule has 202 valence electrons. The molecule has 1 fully saturated rings. The quantitative estimate of drug-likeness (QED) is 0.296. The Kier molecular flexibility index (Phi) is 8.41. The summed E-state index contributed by atoms with van der Waals surface area (Å²) in [7, 11) is 0. The van der Waals surface area contributed by atoms with E-state index < -0.39 is 4.92 Å². The molecule has 1 aliphatic heterocycles. The molecule has 1 atom stereocenters. The minimum absolute atomic E-state index is 0.121. The van der Waals surface area contributed by atoms with Crippen LogP contribution in [0.15, 0.2) is 48.5 Å². The van der Waals surface area contributed by atoms with E-state index in [0.717, 1.165) is 49.8 Å². The van der Waals surface area contributed by atoms with Crippen LogP contribution in [0.3, 0.4) is 0 Å². The molecule has 0 N–H and O–H groups in total. The van der Waals surface area contributed by atoms with Crippen molar-refractivity contribution in [3.05, 3.63) is 81.3 Å². The van der Waals surface area contributed by atoms with Crippen LogP contribution in [-0.2, 0) is 6.54 Å². The number of nitro benzene ring substituents is 1. The first-order chi connectivity index (χ1) is 18.2. The number of carbonyl (C=O) groups excluding carboxylic acids is 1. The maximum absolute atomic E-state index is 14.2. The second-order valence-electron chi connectivity index (χ2n) is 9.70. The molecule has 2 aromatic carbocycles. The van der Waals surface area contributed by atoms with Gasteiger partial charge in [-0.1, -0.05) is 26.0 Å². The number of aryl methyl sites for hydroxylation is 1. The van der Waals surface area contributed by atoms with Crippen molar-refractivity contribution in [3.63, 3.8) is 0 Å². The highest BCUT2D eigenvalue weighted by atomic mass is 19.1. The van der Waals surface area contributed by atoms with Gasteiger partial charge in [0, 0.05) is 55.5 Å². The molecule has 1 saturated heterocycles. The second-order valence-corrected chi connectivity index (χ2v) is 9.70. The lowest BCUT2D eigenvalue weighted by atomic mass is 10.1. The van der Waals surface area contributed by atoms with Crippen molar-refractivity contribution >= 4 is 17.4 Å². The highest BCUT2D eigenvalue weighted by molar-refractivity contribution is 5.95. The van der Waals surface area contributed by atoms with Crippen LogP contribution in [0.4, 0.5) is 15.9 Å². The van der Waals surface area contributed by atoms with Crippen molar-refractivity contribution in [1.29, 1.82) is 0 Å². The van der Waals surface area contributed by atoms with Crippen LogP contribution in [0.25, 0.3) is 5.69 Å². The molecular weight excluding hydrogens is 487 g/mol. The molecule has 2 heterocycles. The van der Waals surface area contributed by atoms with Gasteiger partial charge in [-0.05, 0) is 51.1 Å². The minimum atomic E-state index is -0.494. The van der Waals surface area contributed by atoms with E-state index in [1.54, 1.807) is 21.7 Å². The Morgan fingerprint density at radius 3 is 2.47 bits per heavy atom. The molecule has 0 radical (unpaired) electrons. The van der Waals surface area contributed by atoms with Crippen molar-refractivity contribution in [2.75, 3.05) is 37.6 Å². The molecule has 1 aliphatic rings. The average molecular weight is 523 g/mol. The van der Waals surface area contributed by atoms with Crippen LogP contribution in [-0.4, -0.2) is 69.2 Å². The third kappa shape index (κ3) is 5.70. The molecular formula is C28H35FN6O3. The standard InChI is InChI=1S/C28H35FN6O3/c1-5-20(3)33(28(36)22-9-7-12-25(17-22)35(37)38)19-26-21(4)30-34(24-11-8-10-23(29)18-24)27(26)32-15-13-31(6-2)14-16-32/h7-12,17-18,20H,5-6,13-16,19H2,1-4H3. The molecule has 1 unspecified atom stereocenters. The predicted octanol–water partition coefficient (Wildman–Crippen LogP) is 4.81. The van der Waals surface area contributed by atoms with Gasteiger partial charge in [-0.15, -0.1) is 0 Å². The van der Waals surface area contributed by atoms with E-state index in [-0.39, 0.29) is 35.6 Å². The number of halogens is 1. The molecule has 38 heavy (non-hydrogen) atoms. The summed E-state index contributed by atoms with van der Waals surface area (Å²) in [4.78, 5) is 31.0. The summed E-state index contributed by atoms with van der Waals surface area (Å²) in [6.07, 6.45) is 0.711. The van der Waals surface area contributed by atoms with Crippen LogP contribution >= 0.6 is 0 Å². The second kappa shape index (κ2) is 11.7. The number of hydrogen-bond acceptors (Lipinski definition) is 6. The lowest BCUT2D eigenvalue weighted by molar-refractivity contribution is -0.384. The summed E-state index contributed by atoms with van der Waals surface area (Å²) in [5.41, 5.74) is 2.41. The van der Waals surface area contributed by atoms with E-state index >= 15 is 0 Å². The summed E-state index contributed by atoms with van der Waals surface area (Å²) in [5.74, 6) is 0.229. The van der Waals surface area contributed by atoms with Crippen LogP contribution < -0.4 is 4.90 Å². The van der Waals surface area contributed by atoms with Gasteiger partial charge in [0.1, 0.15) is 11.6 Å². The van der Waals surface area contributed by atoms with Gasteiger partial charge in [0.15, 0.2) is 0 Å². The molecule has 0 aliphatic carbocycles. The lowest BCUT2D eigenvalue weighted by Crippen LogP contribution is -2.47. The molecule has 4 rings (SSSR count). The van der Waals surface area contributed by atoms with Crippen molar-refractivity contribution in [1.82, 2.24) is 19.6 Å². The summed E-state index contributed by atoms with van der Waals surface area (Å²) >= 11 is 0. The van der Waals surface area contributed by atoms with E-state index in [4.69, 9.17) is 5.10 Å². The van der Waals surface area contributed by atoms with Crippen molar-refractivity contribution in [2.45, 2.75) is 46.7 Å². The maximum Gasteiger partial charge on any atom is 0.270 e. The molecule has 9 nitrogen and oxygen atoms in total. The fourth-order valence-electron chi connectivity index (χ4n) is 4.86. The number of nitrogens with zero attached hydrogens (tertiary/aromatic N) is 6. The highest BCUT2D eigenvalue weighted by Gasteiger charge is 2.30. The summed E-state index contributed by atoms with van der Waals surface area (Å²) in [5, 5.41) is 16.1. The number of non-ortho nitro benzene ring substituents is 1. The van der Waals surface area contributed by atoms with Gasteiger partial charge in [-0.2, -0.15) is 5.10 Å². The number of likely N-dealkylation sites (N-methyl/N-ethyl adjacent to an activating group) is 1. The lowest BCUT2D eigenvalue weighted by Gasteiger charge is -2.37. The Balaban J connectivity index is 1.77. The van der Waals surface area contributed by atoms with E-state index in [0.29, 0.717) is 12.1 Å². The number of benzene rings is 2. The van der Waals surface area contributed by atoms with E-state index in [2.05, 4.69) is 16.7 Å². The summed E-state index contributed by atoms with van der Waals surface area (Å²) < 4.78 is 16.0. The Bertz CT molecular complexity index is 1300. The molecule has 0 saturated carbocycles. The number of anilines is 1. The van der Waals surface area contributed by atoms with Crippen molar-refractivity contribution in [3.8, 4) is 5.69 Å². The Hall–Kier alpha value is -3.79. The number of rotatable bonds is 9. The van der Waals surface area contributed by atoms with Crippen LogP contribution in [0.2, 0.25) is 0 Å². The SMILES string of the molecule is CCC(C)N(Cc1c(C)nn(-c2cccc(F)c2)c1N1CCN(CC)CC1)C(=O)c1cccc([N+](=O)[O-])c1. The maximum atomic E-state index is 14.2. The van der Waals surface area contributed by atoms with Crippen molar-refractivity contribution < 1.29 is 14.1 Å². The van der Waals surface area contributed by atoms with Gasteiger partial charge in [0.05, 0.1) is 22.8 Å². The van der Waals surface area contributed by atoms with E-state index in [1.165, 1.54) is 30.3 Å². The van der Waals surface area contributed by atoms with Crippen LogP contribution in [0, 0.1) is 22.9 Å². The van der Waals surface area contributed by atoms with Gasteiger partial charge in [0.2, 0.25) is 0 Å². The Morgan fingerprint density at radius 1 is 1.13 bits per heavy atom. The zero-order valence-electron chi connectivity index (χ0n) is 22.4. The first-order valence-corrected chi connectivity index (χ1v) is 13.1. The van der Waals surface area contributed by atoms with E-state index in [1.807, 2.05) is 26.8 Å². The number of amides is 1. The number of piperazine rings is 1. The normalized spacial score (nSPS) is 14.9. The smallest absolute Gasteiger partial charge is 0.270 e. The first kappa shape index (κ1) is 27.3. The molecule has 1 aromatic heterocycles. The molecule has 0 bridgehead atoms. The molecule has 3 aromatic rings. The number of aromatic nitrogens is 2. The average Bonchev–Trinajstić information content (AvgIpc) is 3.26. The topological polar surface area (TPSA) is 87.8 Å². The van der Waals surface area contributed by atoms with Crippen molar-refractivity contribution in [2.24, 2.45) is 0 Å². The Labute approximate surface area is 222 Å². The number of carbonyl (C=O) groups is 1. The Morgan fingerprint density at radius 2 is 1.84 bits per heavy atom. The van der Waals surface area contributed by atoms with Gasteiger partial charge < -0.3 is 14.7 Å². The predicted molar refractivity (Wildman–Crippen MR) is 145 cm³/mol. The van der Waals surface area contributed by atoms with Gasteiger partial charge in [-0.3, -0.25) is 14.9 Å². The summed E-state index contributed by atoms with van der Waals surface area (Å²) in [6.45, 7) is 12.6. The van der Waals surface area contributed by atoms with Crippen LogP contribution in [0.1, 0.15) is 48.8 Å². The fraction of sp³-hybridized carbons (Fsp3) is 0.429. The number of hydrogen-bond donors (Lipinski definition) is 0. The largest absolute Gasteiger partial charge is 0.354 e. The fourth-order valence-corrected chi connectivity index (χ4v) is 4.86. The third-order valence-electron chi connectivity index (χ3n) is 7.35. The van der Waals surface area contributed by atoms with Gasteiger partial charge in [-0.25, -0.2) is 9.07 Å². The minimum Gasteiger partial charge on any atom is -0.354 e. The highest BCUT2D eigenvalue weighted by Crippen LogP contribution is 2.31. The third-order valence-corrected chi connectivity index (χ3v) is 7.35. The first-order valence-electron chi connectivity index (χ1n) is 13.1. The summed E-state index contributed by atoms with van der Waals surface area (Å²) in [6, 6.07) is 12.1. The van der Waals surface area contributed by atoms with Gasteiger partial charge >= 0.3 is 0 Å². The molecule has 0 spiro atoms. The zero-order valence-corrected chi connectivity index (χ0v) is 22.4. The van der Waals surface area contributed by atoms with Gasteiger partial charge in [0.25, 0.3) is 11.6 Å². The van der Waals surface area contributed by atoms with Crippen LogP contribution in [0.5, 0.6) is 0 Å².